The third-order valence-electron chi connectivity index (χ3n) is 6.91. The lowest BCUT2D eigenvalue weighted by atomic mass is 10.1. The van der Waals surface area contributed by atoms with Crippen LogP contribution in [-0.2, 0) is 9.59 Å². The molecule has 46 heavy (non-hydrogen) atoms. The highest BCUT2D eigenvalue weighted by Crippen LogP contribution is 2.34. The average molecular weight is 660 g/mol. The number of hydrogen-bond donors (Lipinski definition) is 0. The minimum absolute atomic E-state index is 0.341. The maximum atomic E-state index is 11.7. The second-order valence-corrected chi connectivity index (χ2v) is 11.6. The van der Waals surface area contributed by atoms with Crippen LogP contribution >= 0.6 is 23.2 Å². The molecule has 6 nitrogen and oxygen atoms in total. The number of esters is 2. The van der Waals surface area contributed by atoms with E-state index in [1.165, 1.54) is 0 Å². The van der Waals surface area contributed by atoms with Gasteiger partial charge in [-0.2, -0.15) is 0 Å². The van der Waals surface area contributed by atoms with Gasteiger partial charge in [0.15, 0.2) is 0 Å². The van der Waals surface area contributed by atoms with Gasteiger partial charge in [-0.15, -0.1) is 0 Å². The number of unbranched alkanes of at least 4 members (excludes halogenated alkanes) is 3. The first-order valence-electron chi connectivity index (χ1n) is 14.9. The molecular weight excluding hydrogens is 623 g/mol. The van der Waals surface area contributed by atoms with E-state index < -0.39 is 11.9 Å². The summed E-state index contributed by atoms with van der Waals surface area (Å²) >= 11 is 13.1. The van der Waals surface area contributed by atoms with Crippen LogP contribution in [0.4, 0.5) is 0 Å². The summed E-state index contributed by atoms with van der Waals surface area (Å²) in [6.07, 6.45) is 3.84. The molecule has 0 saturated heterocycles. The SMILES string of the molecule is C=C(C)C(=O)Oc1ccc(-c2ccc(OCCCCCCOc3ccc(-c4ccc(OC(=O)C(=C)C)cc4)c(Cl)c3)cc2Cl)cc1. The monoisotopic (exact) mass is 658 g/mol. The minimum atomic E-state index is -0.458. The van der Waals surface area contributed by atoms with Gasteiger partial charge in [0.25, 0.3) is 0 Å². The topological polar surface area (TPSA) is 71.1 Å². The molecule has 0 saturated carbocycles. The Morgan fingerprint density at radius 1 is 0.543 bits per heavy atom. The fourth-order valence-electron chi connectivity index (χ4n) is 4.37. The van der Waals surface area contributed by atoms with E-state index in [1.807, 2.05) is 60.7 Å². The van der Waals surface area contributed by atoms with Crippen LogP contribution in [0, 0.1) is 0 Å². The lowest BCUT2D eigenvalue weighted by Crippen LogP contribution is -2.07. The summed E-state index contributed by atoms with van der Waals surface area (Å²) in [6, 6.07) is 25.6. The number of rotatable bonds is 15. The van der Waals surface area contributed by atoms with Crippen molar-refractivity contribution in [2.75, 3.05) is 13.2 Å². The Morgan fingerprint density at radius 2 is 0.891 bits per heavy atom. The van der Waals surface area contributed by atoms with Crippen molar-refractivity contribution in [1.29, 1.82) is 0 Å². The molecule has 4 aromatic rings. The number of halogens is 2. The fourth-order valence-corrected chi connectivity index (χ4v) is 4.93. The summed E-state index contributed by atoms with van der Waals surface area (Å²) in [6.45, 7) is 11.6. The Kier molecular flexibility index (Phi) is 12.5. The lowest BCUT2D eigenvalue weighted by molar-refractivity contribution is -0.130. The third kappa shape index (κ3) is 9.99. The van der Waals surface area contributed by atoms with E-state index in [0.29, 0.717) is 57.4 Å². The van der Waals surface area contributed by atoms with Crippen molar-refractivity contribution >= 4 is 35.1 Å². The number of carbonyl (C=O) groups excluding carboxylic acids is 2. The molecule has 0 N–H and O–H groups in total. The van der Waals surface area contributed by atoms with Gasteiger partial charge in [-0.05, 0) is 111 Å². The van der Waals surface area contributed by atoms with Crippen molar-refractivity contribution in [1.82, 2.24) is 0 Å². The molecule has 0 radical (unpaired) electrons. The number of hydrogen-bond acceptors (Lipinski definition) is 6. The van der Waals surface area contributed by atoms with Gasteiger partial charge in [0, 0.05) is 22.3 Å². The van der Waals surface area contributed by atoms with E-state index in [1.54, 1.807) is 38.1 Å². The molecule has 0 amide bonds. The molecule has 0 spiro atoms. The zero-order valence-corrected chi connectivity index (χ0v) is 27.5. The molecule has 0 unspecified atom stereocenters. The van der Waals surface area contributed by atoms with E-state index >= 15 is 0 Å². The molecule has 238 valence electrons. The molecule has 4 rings (SSSR count). The first kappa shape index (κ1) is 34.4. The molecule has 4 aromatic carbocycles. The van der Waals surface area contributed by atoms with Crippen molar-refractivity contribution in [2.45, 2.75) is 39.5 Å². The number of benzene rings is 4. The molecule has 0 bridgehead atoms. The van der Waals surface area contributed by atoms with Gasteiger partial charge in [-0.1, -0.05) is 60.6 Å². The number of ether oxygens (including phenoxy) is 4. The van der Waals surface area contributed by atoms with Crippen molar-refractivity contribution in [3.8, 4) is 45.3 Å². The summed E-state index contributed by atoms with van der Waals surface area (Å²) in [5.74, 6) is 1.41. The second kappa shape index (κ2) is 16.7. The van der Waals surface area contributed by atoms with Gasteiger partial charge in [0.05, 0.1) is 23.3 Å². The standard InChI is InChI=1S/C38H36Cl2O6/c1-25(2)37(41)45-29-13-9-27(10-14-29)33-19-17-31(23-35(33)39)43-21-7-5-6-8-22-44-32-18-20-34(36(40)24-32)28-11-15-30(16-12-28)46-38(42)26(3)4/h9-20,23-24H,1,3,5-8,21-22H2,2,4H3. The van der Waals surface area contributed by atoms with Crippen LogP contribution in [0.5, 0.6) is 23.0 Å². The van der Waals surface area contributed by atoms with Crippen LogP contribution in [0.3, 0.4) is 0 Å². The highest BCUT2D eigenvalue weighted by Gasteiger charge is 2.10. The largest absolute Gasteiger partial charge is 0.494 e. The van der Waals surface area contributed by atoms with Crippen LogP contribution in [0.1, 0.15) is 39.5 Å². The van der Waals surface area contributed by atoms with E-state index in [0.717, 1.165) is 47.9 Å². The van der Waals surface area contributed by atoms with Crippen molar-refractivity contribution in [3.63, 3.8) is 0 Å². The maximum Gasteiger partial charge on any atom is 0.338 e. The van der Waals surface area contributed by atoms with Gasteiger partial charge in [0.2, 0.25) is 0 Å². The summed E-state index contributed by atoms with van der Waals surface area (Å²) in [5.41, 5.74) is 4.21. The average Bonchev–Trinajstić information content (AvgIpc) is 3.03. The molecule has 0 aliphatic rings. The fraction of sp³-hybridized carbons (Fsp3) is 0.211. The Hall–Kier alpha value is -4.52. The zero-order valence-electron chi connectivity index (χ0n) is 25.9. The van der Waals surface area contributed by atoms with E-state index in [-0.39, 0.29) is 0 Å². The van der Waals surface area contributed by atoms with Crippen molar-refractivity contribution < 1.29 is 28.5 Å². The zero-order chi connectivity index (χ0) is 33.1. The quantitative estimate of drug-likeness (QED) is 0.0548. The first-order chi connectivity index (χ1) is 22.1. The molecule has 0 atom stereocenters. The summed E-state index contributed by atoms with van der Waals surface area (Å²) < 4.78 is 22.3. The maximum absolute atomic E-state index is 11.7. The van der Waals surface area contributed by atoms with Crippen molar-refractivity contribution in [3.05, 3.63) is 119 Å². The van der Waals surface area contributed by atoms with Gasteiger partial charge in [0.1, 0.15) is 23.0 Å². The Bertz CT molecular complexity index is 1570. The molecule has 0 fully saturated rings. The molecule has 0 aromatic heterocycles. The highest BCUT2D eigenvalue weighted by molar-refractivity contribution is 6.33. The highest BCUT2D eigenvalue weighted by atomic mass is 35.5. The summed E-state index contributed by atoms with van der Waals surface area (Å²) in [5, 5.41) is 1.16. The van der Waals surface area contributed by atoms with Gasteiger partial charge in [-0.3, -0.25) is 0 Å². The molecule has 0 aliphatic heterocycles. The molecule has 8 heteroatoms. The van der Waals surface area contributed by atoms with E-state index in [4.69, 9.17) is 42.1 Å². The van der Waals surface area contributed by atoms with Gasteiger partial charge >= 0.3 is 11.9 Å². The molecule has 0 aliphatic carbocycles. The van der Waals surface area contributed by atoms with Crippen LogP contribution < -0.4 is 18.9 Å². The minimum Gasteiger partial charge on any atom is -0.494 e. The first-order valence-corrected chi connectivity index (χ1v) is 15.7. The third-order valence-corrected chi connectivity index (χ3v) is 7.53. The van der Waals surface area contributed by atoms with Crippen LogP contribution in [-0.4, -0.2) is 25.2 Å². The predicted molar refractivity (Wildman–Crippen MR) is 184 cm³/mol. The molecular formula is C38H36Cl2O6. The smallest absolute Gasteiger partial charge is 0.338 e. The summed E-state index contributed by atoms with van der Waals surface area (Å²) in [4.78, 5) is 23.4. The summed E-state index contributed by atoms with van der Waals surface area (Å²) in [7, 11) is 0. The predicted octanol–water partition coefficient (Wildman–Crippen LogP) is 10.3. The number of carbonyl (C=O) groups is 2. The van der Waals surface area contributed by atoms with Crippen molar-refractivity contribution in [2.24, 2.45) is 0 Å². The normalized spacial score (nSPS) is 10.6. The Morgan fingerprint density at radius 3 is 1.22 bits per heavy atom. The Labute approximate surface area is 280 Å². The second-order valence-electron chi connectivity index (χ2n) is 10.8. The van der Waals surface area contributed by atoms with E-state index in [9.17, 15) is 9.59 Å². The van der Waals surface area contributed by atoms with Crippen LogP contribution in [0.25, 0.3) is 22.3 Å². The Balaban J connectivity index is 1.14. The van der Waals surface area contributed by atoms with Crippen LogP contribution in [0.15, 0.2) is 109 Å². The lowest BCUT2D eigenvalue weighted by Gasteiger charge is -2.11. The van der Waals surface area contributed by atoms with E-state index in [2.05, 4.69) is 13.2 Å². The van der Waals surface area contributed by atoms with Gasteiger partial charge < -0.3 is 18.9 Å². The van der Waals surface area contributed by atoms with Crippen LogP contribution in [0.2, 0.25) is 10.0 Å². The van der Waals surface area contributed by atoms with Gasteiger partial charge in [-0.25, -0.2) is 9.59 Å². The molecule has 0 heterocycles.